The largest absolute Gasteiger partial charge is 0.467 e. The number of alkyl halides is 3. The Kier molecular flexibility index (Phi) is 5.14. The van der Waals surface area contributed by atoms with E-state index < -0.39 is 12.8 Å². The SMILES string of the molecule is CCCNCc1cncc(OCC(F)(F)F)n1. The second kappa shape index (κ2) is 6.39. The minimum absolute atomic E-state index is 0.113. The van der Waals surface area contributed by atoms with Crippen molar-refractivity contribution in [3.8, 4) is 5.88 Å². The van der Waals surface area contributed by atoms with E-state index in [0.29, 0.717) is 12.2 Å². The fourth-order valence-electron chi connectivity index (χ4n) is 1.09. The maximum absolute atomic E-state index is 11.9. The average molecular weight is 249 g/mol. The first-order valence-electron chi connectivity index (χ1n) is 5.22. The summed E-state index contributed by atoms with van der Waals surface area (Å²) in [6, 6.07) is 0. The number of nitrogens with one attached hydrogen (secondary N) is 1. The van der Waals surface area contributed by atoms with E-state index in [1.54, 1.807) is 0 Å². The van der Waals surface area contributed by atoms with Gasteiger partial charge < -0.3 is 10.1 Å². The summed E-state index contributed by atoms with van der Waals surface area (Å²) in [5, 5.41) is 3.07. The second-order valence-corrected chi connectivity index (χ2v) is 3.43. The van der Waals surface area contributed by atoms with Gasteiger partial charge in [0.2, 0.25) is 5.88 Å². The third-order valence-electron chi connectivity index (χ3n) is 1.78. The van der Waals surface area contributed by atoms with Gasteiger partial charge in [-0.05, 0) is 13.0 Å². The zero-order valence-corrected chi connectivity index (χ0v) is 9.42. The van der Waals surface area contributed by atoms with E-state index in [9.17, 15) is 13.2 Å². The molecule has 0 bridgehead atoms. The Morgan fingerprint density at radius 2 is 2.12 bits per heavy atom. The minimum atomic E-state index is -4.36. The number of rotatable bonds is 6. The second-order valence-electron chi connectivity index (χ2n) is 3.43. The van der Waals surface area contributed by atoms with Crippen LogP contribution in [0.15, 0.2) is 12.4 Å². The topological polar surface area (TPSA) is 47.0 Å². The Morgan fingerprint density at radius 3 is 2.76 bits per heavy atom. The van der Waals surface area contributed by atoms with Gasteiger partial charge in [0.15, 0.2) is 6.61 Å². The number of hydrogen-bond donors (Lipinski definition) is 1. The molecule has 1 rings (SSSR count). The lowest BCUT2D eigenvalue weighted by molar-refractivity contribution is -0.154. The summed E-state index contributed by atoms with van der Waals surface area (Å²) in [7, 11) is 0. The Labute approximate surface area is 97.2 Å². The van der Waals surface area contributed by atoms with Crippen molar-refractivity contribution in [2.24, 2.45) is 0 Å². The fraction of sp³-hybridized carbons (Fsp3) is 0.600. The number of nitrogens with zero attached hydrogens (tertiary/aromatic N) is 2. The highest BCUT2D eigenvalue weighted by Crippen LogP contribution is 2.16. The lowest BCUT2D eigenvalue weighted by atomic mass is 10.4. The van der Waals surface area contributed by atoms with Crippen LogP contribution in [0.1, 0.15) is 19.0 Å². The summed E-state index contributed by atoms with van der Waals surface area (Å²) < 4.78 is 40.2. The monoisotopic (exact) mass is 249 g/mol. The number of aromatic nitrogens is 2. The van der Waals surface area contributed by atoms with Gasteiger partial charge in [0.25, 0.3) is 0 Å². The molecule has 0 aliphatic heterocycles. The van der Waals surface area contributed by atoms with Gasteiger partial charge in [-0.1, -0.05) is 6.92 Å². The van der Waals surface area contributed by atoms with Crippen molar-refractivity contribution in [3.63, 3.8) is 0 Å². The van der Waals surface area contributed by atoms with Crippen LogP contribution < -0.4 is 10.1 Å². The van der Waals surface area contributed by atoms with Crippen LogP contribution in [-0.2, 0) is 6.54 Å². The van der Waals surface area contributed by atoms with Crippen LogP contribution >= 0.6 is 0 Å². The van der Waals surface area contributed by atoms with Crippen molar-refractivity contribution in [1.29, 1.82) is 0 Å². The third-order valence-corrected chi connectivity index (χ3v) is 1.78. The van der Waals surface area contributed by atoms with Gasteiger partial charge in [-0.25, -0.2) is 4.98 Å². The van der Waals surface area contributed by atoms with E-state index in [1.807, 2.05) is 6.92 Å². The van der Waals surface area contributed by atoms with Gasteiger partial charge in [0.05, 0.1) is 11.9 Å². The van der Waals surface area contributed by atoms with Crippen molar-refractivity contribution in [2.75, 3.05) is 13.2 Å². The standard InChI is InChI=1S/C10H14F3N3O/c1-2-3-14-4-8-5-15-6-9(16-8)17-7-10(11,12)13/h5-6,14H,2-4,7H2,1H3. The first-order chi connectivity index (χ1) is 8.01. The van der Waals surface area contributed by atoms with Crippen LogP contribution in [0.5, 0.6) is 5.88 Å². The quantitative estimate of drug-likeness (QED) is 0.782. The zero-order valence-electron chi connectivity index (χ0n) is 9.42. The van der Waals surface area contributed by atoms with E-state index >= 15 is 0 Å². The molecular formula is C10H14F3N3O. The third kappa shape index (κ3) is 6.06. The first kappa shape index (κ1) is 13.7. The zero-order chi connectivity index (χ0) is 12.7. The van der Waals surface area contributed by atoms with Gasteiger partial charge in [0, 0.05) is 12.7 Å². The van der Waals surface area contributed by atoms with Crippen LogP contribution in [0.2, 0.25) is 0 Å². The Hall–Kier alpha value is -1.37. The highest BCUT2D eigenvalue weighted by Gasteiger charge is 2.28. The Bertz CT molecular complexity index is 344. The fourth-order valence-corrected chi connectivity index (χ4v) is 1.09. The molecule has 0 saturated carbocycles. The summed E-state index contributed by atoms with van der Waals surface area (Å²) in [4.78, 5) is 7.67. The predicted octanol–water partition coefficient (Wildman–Crippen LogP) is 1.92. The van der Waals surface area contributed by atoms with Crippen LogP contribution in [-0.4, -0.2) is 29.3 Å². The van der Waals surface area contributed by atoms with Gasteiger partial charge in [-0.15, -0.1) is 0 Å². The van der Waals surface area contributed by atoms with Crippen molar-refractivity contribution < 1.29 is 17.9 Å². The maximum Gasteiger partial charge on any atom is 0.422 e. The molecule has 0 radical (unpaired) electrons. The van der Waals surface area contributed by atoms with Crippen molar-refractivity contribution in [2.45, 2.75) is 26.1 Å². The summed E-state index contributed by atoms with van der Waals surface area (Å²) in [6.07, 6.45) is -0.742. The van der Waals surface area contributed by atoms with Crippen LogP contribution in [0.3, 0.4) is 0 Å². The van der Waals surface area contributed by atoms with Gasteiger partial charge in [-0.2, -0.15) is 13.2 Å². The van der Waals surface area contributed by atoms with Gasteiger partial charge in [0.1, 0.15) is 0 Å². The molecule has 17 heavy (non-hydrogen) atoms. The van der Waals surface area contributed by atoms with Crippen LogP contribution in [0.25, 0.3) is 0 Å². The van der Waals surface area contributed by atoms with Crippen molar-refractivity contribution in [3.05, 3.63) is 18.1 Å². The molecule has 1 heterocycles. The Balaban J connectivity index is 2.48. The number of ether oxygens (including phenoxy) is 1. The predicted molar refractivity (Wildman–Crippen MR) is 55.6 cm³/mol. The van der Waals surface area contributed by atoms with E-state index in [4.69, 9.17) is 0 Å². The molecule has 0 aliphatic rings. The smallest absolute Gasteiger partial charge is 0.422 e. The molecule has 1 aromatic rings. The molecule has 1 aromatic heterocycles. The van der Waals surface area contributed by atoms with Crippen molar-refractivity contribution >= 4 is 0 Å². The number of halogens is 3. The summed E-state index contributed by atoms with van der Waals surface area (Å²) in [6.45, 7) is 1.94. The van der Waals surface area contributed by atoms with Gasteiger partial charge in [-0.3, -0.25) is 4.98 Å². The molecule has 1 N–H and O–H groups in total. The maximum atomic E-state index is 11.9. The lowest BCUT2D eigenvalue weighted by Crippen LogP contribution is -2.20. The number of hydrogen-bond acceptors (Lipinski definition) is 4. The molecule has 7 heteroatoms. The van der Waals surface area contributed by atoms with Crippen LogP contribution in [0, 0.1) is 0 Å². The molecule has 0 amide bonds. The highest BCUT2D eigenvalue weighted by atomic mass is 19.4. The van der Waals surface area contributed by atoms with Crippen LogP contribution in [0.4, 0.5) is 13.2 Å². The molecule has 0 saturated heterocycles. The molecule has 0 aliphatic carbocycles. The molecule has 0 spiro atoms. The minimum Gasteiger partial charge on any atom is -0.467 e. The summed E-state index contributed by atoms with van der Waals surface area (Å²) >= 11 is 0. The van der Waals surface area contributed by atoms with E-state index in [0.717, 1.165) is 19.2 Å². The normalized spacial score (nSPS) is 11.5. The molecule has 4 nitrogen and oxygen atoms in total. The van der Waals surface area contributed by atoms with Crippen molar-refractivity contribution in [1.82, 2.24) is 15.3 Å². The highest BCUT2D eigenvalue weighted by molar-refractivity contribution is 5.08. The molecule has 0 atom stereocenters. The average Bonchev–Trinajstić information content (AvgIpc) is 2.27. The van der Waals surface area contributed by atoms with E-state index in [2.05, 4.69) is 20.0 Å². The summed E-state index contributed by atoms with van der Waals surface area (Å²) in [5.74, 6) is -0.113. The Morgan fingerprint density at radius 1 is 1.35 bits per heavy atom. The lowest BCUT2D eigenvalue weighted by Gasteiger charge is -2.09. The van der Waals surface area contributed by atoms with E-state index in [-0.39, 0.29) is 5.88 Å². The molecular weight excluding hydrogens is 235 g/mol. The van der Waals surface area contributed by atoms with E-state index in [1.165, 1.54) is 6.20 Å². The van der Waals surface area contributed by atoms with Gasteiger partial charge >= 0.3 is 6.18 Å². The molecule has 96 valence electrons. The molecule has 0 aromatic carbocycles. The molecule has 0 fully saturated rings. The molecule has 0 unspecified atom stereocenters. The first-order valence-corrected chi connectivity index (χ1v) is 5.22. The summed E-state index contributed by atoms with van der Waals surface area (Å²) in [5.41, 5.74) is 0.554.